The van der Waals surface area contributed by atoms with Crippen LogP contribution in [0.4, 0.5) is 0 Å². The molecule has 21 heavy (non-hydrogen) atoms. The first-order valence-electron chi connectivity index (χ1n) is 7.91. The van der Waals surface area contributed by atoms with Crippen LogP contribution in [-0.2, 0) is 0 Å². The predicted octanol–water partition coefficient (Wildman–Crippen LogP) is 3.01. The Bertz CT molecular complexity index is 505. The second-order valence-corrected chi connectivity index (χ2v) is 6.64. The molecule has 3 rings (SSSR count). The Kier molecular flexibility index (Phi) is 4.09. The number of benzene rings is 1. The molecule has 0 amide bonds. The van der Waals surface area contributed by atoms with Gasteiger partial charge in [-0.1, -0.05) is 25.8 Å². The van der Waals surface area contributed by atoms with E-state index in [2.05, 4.69) is 25.2 Å². The van der Waals surface area contributed by atoms with Crippen LogP contribution < -0.4 is 14.8 Å². The minimum atomic E-state index is -0.553. The van der Waals surface area contributed by atoms with Crippen molar-refractivity contribution in [2.75, 3.05) is 13.3 Å². The van der Waals surface area contributed by atoms with E-state index in [0.717, 1.165) is 36.3 Å². The number of hydrogen-bond acceptors (Lipinski definition) is 4. The molecule has 0 saturated heterocycles. The normalized spacial score (nSPS) is 29.4. The summed E-state index contributed by atoms with van der Waals surface area (Å²) in [6, 6.07) is 6.21. The molecule has 1 saturated carbocycles. The lowest BCUT2D eigenvalue weighted by Crippen LogP contribution is -2.44. The van der Waals surface area contributed by atoms with Gasteiger partial charge in [0.05, 0.1) is 5.60 Å². The summed E-state index contributed by atoms with van der Waals surface area (Å²) in [5.74, 6) is 2.24. The van der Waals surface area contributed by atoms with Crippen LogP contribution in [0.2, 0.25) is 0 Å². The van der Waals surface area contributed by atoms with E-state index in [1.807, 2.05) is 12.1 Å². The summed E-state index contributed by atoms with van der Waals surface area (Å²) < 4.78 is 10.8. The zero-order valence-electron chi connectivity index (χ0n) is 12.9. The number of nitrogens with one attached hydrogen (secondary N) is 1. The number of ether oxygens (including phenoxy) is 2. The average molecular weight is 291 g/mol. The summed E-state index contributed by atoms with van der Waals surface area (Å²) in [6.07, 6.45) is 4.16. The van der Waals surface area contributed by atoms with E-state index in [-0.39, 0.29) is 6.04 Å². The van der Waals surface area contributed by atoms with E-state index in [4.69, 9.17) is 9.47 Å². The van der Waals surface area contributed by atoms with Crippen LogP contribution in [0.3, 0.4) is 0 Å². The van der Waals surface area contributed by atoms with Crippen LogP contribution in [0.5, 0.6) is 11.5 Å². The van der Waals surface area contributed by atoms with Gasteiger partial charge in [-0.3, -0.25) is 0 Å². The molecule has 116 valence electrons. The molecule has 1 aromatic rings. The molecule has 3 atom stereocenters. The molecular formula is C17H25NO3. The van der Waals surface area contributed by atoms with E-state index in [9.17, 15) is 5.11 Å². The molecule has 4 nitrogen and oxygen atoms in total. The van der Waals surface area contributed by atoms with Gasteiger partial charge < -0.3 is 19.9 Å². The van der Waals surface area contributed by atoms with Gasteiger partial charge in [-0.2, -0.15) is 0 Å². The molecule has 2 N–H and O–H groups in total. The monoisotopic (exact) mass is 291 g/mol. The second kappa shape index (κ2) is 5.85. The van der Waals surface area contributed by atoms with Crippen molar-refractivity contribution in [3.05, 3.63) is 23.8 Å². The van der Waals surface area contributed by atoms with Crippen LogP contribution >= 0.6 is 0 Å². The van der Waals surface area contributed by atoms with Crippen molar-refractivity contribution in [2.24, 2.45) is 5.92 Å². The Morgan fingerprint density at radius 2 is 2.19 bits per heavy atom. The third kappa shape index (κ3) is 3.33. The van der Waals surface area contributed by atoms with Gasteiger partial charge in [0.15, 0.2) is 11.5 Å². The SMILES string of the molecule is CC1CCCC(O)(CNC(C)c2ccc3c(c2)OCO3)C1. The first-order valence-corrected chi connectivity index (χ1v) is 7.91. The largest absolute Gasteiger partial charge is 0.454 e. The van der Waals surface area contributed by atoms with E-state index in [1.54, 1.807) is 0 Å². The lowest BCUT2D eigenvalue weighted by Gasteiger charge is -2.36. The van der Waals surface area contributed by atoms with Crippen molar-refractivity contribution in [2.45, 2.75) is 51.2 Å². The minimum absolute atomic E-state index is 0.181. The Labute approximate surface area is 126 Å². The van der Waals surface area contributed by atoms with Gasteiger partial charge in [0, 0.05) is 12.6 Å². The highest BCUT2D eigenvalue weighted by Gasteiger charge is 2.32. The molecule has 0 aromatic heterocycles. The van der Waals surface area contributed by atoms with Crippen molar-refractivity contribution in [1.29, 1.82) is 0 Å². The van der Waals surface area contributed by atoms with Crippen LogP contribution in [-0.4, -0.2) is 24.0 Å². The van der Waals surface area contributed by atoms with Crippen LogP contribution in [0.25, 0.3) is 0 Å². The summed E-state index contributed by atoms with van der Waals surface area (Å²) in [5, 5.41) is 14.2. The van der Waals surface area contributed by atoms with E-state index >= 15 is 0 Å². The van der Waals surface area contributed by atoms with Gasteiger partial charge in [-0.05, 0) is 43.4 Å². The summed E-state index contributed by atoms with van der Waals surface area (Å²) >= 11 is 0. The molecule has 4 heteroatoms. The number of hydrogen-bond donors (Lipinski definition) is 2. The highest BCUT2D eigenvalue weighted by Crippen LogP contribution is 2.35. The average Bonchev–Trinajstić information content (AvgIpc) is 2.92. The summed E-state index contributed by atoms with van der Waals surface area (Å²) in [6.45, 7) is 5.30. The van der Waals surface area contributed by atoms with Crippen molar-refractivity contribution in [1.82, 2.24) is 5.32 Å². The number of fused-ring (bicyclic) bond motifs is 1. The van der Waals surface area contributed by atoms with Gasteiger partial charge >= 0.3 is 0 Å². The smallest absolute Gasteiger partial charge is 0.231 e. The summed E-state index contributed by atoms with van der Waals surface area (Å²) in [5.41, 5.74) is 0.606. The fourth-order valence-corrected chi connectivity index (χ4v) is 3.44. The standard InChI is InChI=1S/C17H25NO3/c1-12-4-3-7-17(19,9-12)10-18-13(2)14-5-6-15-16(8-14)21-11-20-15/h5-6,8,12-13,18-19H,3-4,7,9-11H2,1-2H3. The molecule has 3 unspecified atom stereocenters. The lowest BCUT2D eigenvalue weighted by molar-refractivity contribution is -0.0134. The second-order valence-electron chi connectivity index (χ2n) is 6.64. The predicted molar refractivity (Wildman–Crippen MR) is 81.6 cm³/mol. The summed E-state index contributed by atoms with van der Waals surface area (Å²) in [7, 11) is 0. The zero-order valence-corrected chi connectivity index (χ0v) is 12.9. The maximum Gasteiger partial charge on any atom is 0.231 e. The van der Waals surface area contributed by atoms with Crippen LogP contribution in [0, 0.1) is 5.92 Å². The van der Waals surface area contributed by atoms with Gasteiger partial charge in [-0.25, -0.2) is 0 Å². The van der Waals surface area contributed by atoms with E-state index in [1.165, 1.54) is 6.42 Å². The molecular weight excluding hydrogens is 266 g/mol. The van der Waals surface area contributed by atoms with Crippen molar-refractivity contribution in [3.63, 3.8) is 0 Å². The zero-order chi connectivity index (χ0) is 14.9. The van der Waals surface area contributed by atoms with Crippen LogP contribution in [0.1, 0.15) is 51.1 Å². The molecule has 2 aliphatic rings. The van der Waals surface area contributed by atoms with Crippen molar-refractivity contribution >= 4 is 0 Å². The van der Waals surface area contributed by atoms with Gasteiger partial charge in [0.1, 0.15) is 0 Å². The maximum absolute atomic E-state index is 10.7. The molecule has 0 spiro atoms. The molecule has 1 fully saturated rings. The third-order valence-electron chi connectivity index (χ3n) is 4.70. The Hall–Kier alpha value is -1.26. The quantitative estimate of drug-likeness (QED) is 0.895. The van der Waals surface area contributed by atoms with Crippen molar-refractivity contribution < 1.29 is 14.6 Å². The molecule has 1 heterocycles. The number of aliphatic hydroxyl groups is 1. The lowest BCUT2D eigenvalue weighted by atomic mass is 9.79. The fourth-order valence-electron chi connectivity index (χ4n) is 3.44. The Balaban J connectivity index is 1.60. The van der Waals surface area contributed by atoms with E-state index in [0.29, 0.717) is 19.3 Å². The fraction of sp³-hybridized carbons (Fsp3) is 0.647. The van der Waals surface area contributed by atoms with Crippen LogP contribution in [0.15, 0.2) is 18.2 Å². The highest BCUT2D eigenvalue weighted by molar-refractivity contribution is 5.45. The van der Waals surface area contributed by atoms with E-state index < -0.39 is 5.60 Å². The van der Waals surface area contributed by atoms with Gasteiger partial charge in [0.25, 0.3) is 0 Å². The first kappa shape index (κ1) is 14.7. The molecule has 1 aliphatic carbocycles. The topological polar surface area (TPSA) is 50.7 Å². The third-order valence-corrected chi connectivity index (χ3v) is 4.70. The minimum Gasteiger partial charge on any atom is -0.454 e. The van der Waals surface area contributed by atoms with Gasteiger partial charge in [0.2, 0.25) is 6.79 Å². The number of rotatable bonds is 4. The Morgan fingerprint density at radius 1 is 1.38 bits per heavy atom. The van der Waals surface area contributed by atoms with Crippen molar-refractivity contribution in [3.8, 4) is 11.5 Å². The summed E-state index contributed by atoms with van der Waals surface area (Å²) in [4.78, 5) is 0. The maximum atomic E-state index is 10.7. The first-order chi connectivity index (χ1) is 10.1. The van der Waals surface area contributed by atoms with Gasteiger partial charge in [-0.15, -0.1) is 0 Å². The molecule has 0 bridgehead atoms. The highest BCUT2D eigenvalue weighted by atomic mass is 16.7. The molecule has 1 aromatic carbocycles. The molecule has 1 aliphatic heterocycles. The Morgan fingerprint density at radius 3 is 3.00 bits per heavy atom. The molecule has 0 radical (unpaired) electrons.